The molecule has 0 bridgehead atoms. The smallest absolute Gasteiger partial charge is 0.238 e. The van der Waals surface area contributed by atoms with Crippen molar-refractivity contribution >= 4 is 23.0 Å². The second-order valence-electron chi connectivity index (χ2n) is 9.36. The summed E-state index contributed by atoms with van der Waals surface area (Å²) in [6.45, 7) is 13.4. The molecule has 3 aromatic rings. The average molecular weight is 500 g/mol. The molecule has 0 fully saturated rings. The van der Waals surface area contributed by atoms with Crippen LogP contribution >= 0.6 is 0 Å². The van der Waals surface area contributed by atoms with Gasteiger partial charge in [0.25, 0.3) is 0 Å². The molecule has 1 unspecified atom stereocenters. The van der Waals surface area contributed by atoms with Crippen molar-refractivity contribution in [2.75, 3.05) is 25.1 Å². The van der Waals surface area contributed by atoms with Gasteiger partial charge in [-0.1, -0.05) is 49.4 Å². The molecule has 1 amide bonds. The SMILES string of the molecule is CCOc1cc2c(cc1OCC)C(C(=Nc1ccc(CN(CC)C(C)C)cc1)c1ccccc1)C(=O)N2. The lowest BCUT2D eigenvalue weighted by Crippen LogP contribution is -2.29. The molecule has 6 nitrogen and oxygen atoms in total. The summed E-state index contributed by atoms with van der Waals surface area (Å²) in [5.41, 5.74) is 5.23. The van der Waals surface area contributed by atoms with E-state index in [9.17, 15) is 4.79 Å². The second-order valence-corrected chi connectivity index (χ2v) is 9.36. The molecule has 1 aliphatic rings. The number of hydrogen-bond donors (Lipinski definition) is 1. The summed E-state index contributed by atoms with van der Waals surface area (Å²) in [6, 6.07) is 22.5. The van der Waals surface area contributed by atoms with E-state index in [2.05, 4.69) is 43.1 Å². The second kappa shape index (κ2) is 12.1. The van der Waals surface area contributed by atoms with Gasteiger partial charge in [-0.25, -0.2) is 0 Å². The van der Waals surface area contributed by atoms with Gasteiger partial charge >= 0.3 is 0 Å². The highest BCUT2D eigenvalue weighted by atomic mass is 16.5. The monoisotopic (exact) mass is 499 g/mol. The Morgan fingerprint density at radius 1 is 0.946 bits per heavy atom. The molecule has 0 saturated heterocycles. The molecule has 1 N–H and O–H groups in total. The number of benzene rings is 3. The minimum atomic E-state index is -0.566. The van der Waals surface area contributed by atoms with Crippen molar-refractivity contribution in [2.45, 2.75) is 53.1 Å². The third-order valence-electron chi connectivity index (χ3n) is 6.60. The first-order valence-electron chi connectivity index (χ1n) is 13.2. The highest BCUT2D eigenvalue weighted by molar-refractivity contribution is 6.24. The van der Waals surface area contributed by atoms with E-state index in [0.717, 1.165) is 35.6 Å². The van der Waals surface area contributed by atoms with E-state index in [1.165, 1.54) is 5.56 Å². The fourth-order valence-corrected chi connectivity index (χ4v) is 4.69. The average Bonchev–Trinajstić information content (AvgIpc) is 3.21. The fraction of sp³-hybridized carbons (Fsp3) is 0.355. The normalized spacial score (nSPS) is 15.2. The number of rotatable bonds is 11. The first-order chi connectivity index (χ1) is 17.9. The van der Waals surface area contributed by atoms with Gasteiger partial charge in [-0.2, -0.15) is 0 Å². The molecular formula is C31H37N3O3. The van der Waals surface area contributed by atoms with Crippen LogP contribution in [0.3, 0.4) is 0 Å². The summed E-state index contributed by atoms with van der Waals surface area (Å²) in [4.78, 5) is 20.8. The van der Waals surface area contributed by atoms with Gasteiger partial charge in [-0.3, -0.25) is 14.7 Å². The zero-order valence-electron chi connectivity index (χ0n) is 22.5. The predicted molar refractivity (Wildman–Crippen MR) is 150 cm³/mol. The van der Waals surface area contributed by atoms with Crippen LogP contribution in [0.4, 0.5) is 11.4 Å². The molecule has 6 heteroatoms. The third kappa shape index (κ3) is 6.03. The molecule has 194 valence electrons. The number of carbonyl (C=O) groups excluding carboxylic acids is 1. The predicted octanol–water partition coefficient (Wildman–Crippen LogP) is 6.57. The van der Waals surface area contributed by atoms with Crippen molar-refractivity contribution in [1.29, 1.82) is 0 Å². The zero-order chi connectivity index (χ0) is 26.4. The minimum Gasteiger partial charge on any atom is -0.490 e. The Morgan fingerprint density at radius 3 is 2.19 bits per heavy atom. The number of hydrogen-bond acceptors (Lipinski definition) is 5. The minimum absolute atomic E-state index is 0.110. The number of anilines is 1. The van der Waals surface area contributed by atoms with E-state index in [1.807, 2.05) is 68.4 Å². The summed E-state index contributed by atoms with van der Waals surface area (Å²) in [6.07, 6.45) is 0. The Balaban J connectivity index is 1.75. The van der Waals surface area contributed by atoms with Crippen LogP contribution in [0.1, 0.15) is 57.2 Å². The highest BCUT2D eigenvalue weighted by Gasteiger charge is 2.36. The van der Waals surface area contributed by atoms with E-state index in [1.54, 1.807) is 0 Å². The lowest BCUT2D eigenvalue weighted by atomic mass is 9.90. The molecule has 3 aromatic carbocycles. The third-order valence-corrected chi connectivity index (χ3v) is 6.60. The number of nitrogens with one attached hydrogen (secondary N) is 1. The number of amides is 1. The molecule has 37 heavy (non-hydrogen) atoms. The summed E-state index contributed by atoms with van der Waals surface area (Å²) in [5.74, 6) is 0.580. The van der Waals surface area contributed by atoms with Crippen LogP contribution in [0.2, 0.25) is 0 Å². The molecule has 0 aliphatic carbocycles. The van der Waals surface area contributed by atoms with Gasteiger partial charge in [0.05, 0.1) is 24.6 Å². The summed E-state index contributed by atoms with van der Waals surface area (Å²) >= 11 is 0. The Hall–Kier alpha value is -3.64. The Kier molecular flexibility index (Phi) is 8.62. The number of carbonyl (C=O) groups is 1. The first kappa shape index (κ1) is 26.4. The maximum atomic E-state index is 13.4. The van der Waals surface area contributed by atoms with Crippen LogP contribution in [0.5, 0.6) is 11.5 Å². The van der Waals surface area contributed by atoms with Crippen LogP contribution < -0.4 is 14.8 Å². The molecule has 1 aliphatic heterocycles. The van der Waals surface area contributed by atoms with Gasteiger partial charge in [0.2, 0.25) is 5.91 Å². The highest BCUT2D eigenvalue weighted by Crippen LogP contribution is 2.43. The fourth-order valence-electron chi connectivity index (χ4n) is 4.69. The number of ether oxygens (including phenoxy) is 2. The van der Waals surface area contributed by atoms with Crippen LogP contribution in [0.15, 0.2) is 71.7 Å². The molecule has 0 spiro atoms. The summed E-state index contributed by atoms with van der Waals surface area (Å²) in [5, 5.41) is 3.04. The number of nitrogens with zero attached hydrogens (tertiary/aromatic N) is 2. The Morgan fingerprint density at radius 2 is 1.59 bits per heavy atom. The van der Waals surface area contributed by atoms with Gasteiger partial charge in [0.15, 0.2) is 11.5 Å². The van der Waals surface area contributed by atoms with Gasteiger partial charge in [0.1, 0.15) is 5.92 Å². The van der Waals surface area contributed by atoms with Crippen LogP contribution in [-0.2, 0) is 11.3 Å². The van der Waals surface area contributed by atoms with E-state index in [0.29, 0.717) is 36.5 Å². The molecule has 1 heterocycles. The van der Waals surface area contributed by atoms with Crippen molar-refractivity contribution in [1.82, 2.24) is 4.90 Å². The van der Waals surface area contributed by atoms with Crippen LogP contribution in [0.25, 0.3) is 0 Å². The lowest BCUT2D eigenvalue weighted by Gasteiger charge is -2.24. The van der Waals surface area contributed by atoms with Crippen molar-refractivity contribution in [3.05, 3.63) is 83.4 Å². The van der Waals surface area contributed by atoms with Gasteiger partial charge in [-0.15, -0.1) is 0 Å². The van der Waals surface area contributed by atoms with E-state index >= 15 is 0 Å². The van der Waals surface area contributed by atoms with Gasteiger partial charge in [-0.05, 0) is 69.1 Å². The maximum absolute atomic E-state index is 13.4. The van der Waals surface area contributed by atoms with Crippen molar-refractivity contribution in [3.8, 4) is 11.5 Å². The van der Waals surface area contributed by atoms with Gasteiger partial charge in [0, 0.05) is 24.3 Å². The standard InChI is InChI=1S/C31H37N3O3/c1-6-34(21(4)5)20-22-14-16-24(17-15-22)32-30(23-12-10-9-11-13-23)29-25-18-27(36-7-2)28(37-8-3)19-26(25)33-31(29)35/h9-19,21,29H,6-8,20H2,1-5H3,(H,33,35). The van der Waals surface area contributed by atoms with E-state index in [4.69, 9.17) is 14.5 Å². The molecule has 4 rings (SSSR count). The van der Waals surface area contributed by atoms with Crippen molar-refractivity contribution in [2.24, 2.45) is 4.99 Å². The first-order valence-corrected chi connectivity index (χ1v) is 13.2. The van der Waals surface area contributed by atoms with E-state index in [-0.39, 0.29) is 5.91 Å². The summed E-state index contributed by atoms with van der Waals surface area (Å²) in [7, 11) is 0. The molecular weight excluding hydrogens is 462 g/mol. The zero-order valence-corrected chi connectivity index (χ0v) is 22.5. The maximum Gasteiger partial charge on any atom is 0.238 e. The topological polar surface area (TPSA) is 63.2 Å². The largest absolute Gasteiger partial charge is 0.490 e. The lowest BCUT2D eigenvalue weighted by molar-refractivity contribution is -0.115. The summed E-state index contributed by atoms with van der Waals surface area (Å²) < 4.78 is 11.6. The number of fused-ring (bicyclic) bond motifs is 1. The van der Waals surface area contributed by atoms with Crippen molar-refractivity contribution in [3.63, 3.8) is 0 Å². The van der Waals surface area contributed by atoms with Crippen molar-refractivity contribution < 1.29 is 14.3 Å². The van der Waals surface area contributed by atoms with Gasteiger partial charge < -0.3 is 14.8 Å². The molecule has 0 saturated carbocycles. The molecule has 0 radical (unpaired) electrons. The molecule has 0 aromatic heterocycles. The quantitative estimate of drug-likeness (QED) is 0.303. The van der Waals surface area contributed by atoms with E-state index < -0.39 is 5.92 Å². The van der Waals surface area contributed by atoms with Crippen LogP contribution in [0, 0.1) is 0 Å². The Bertz CT molecular complexity index is 1240. The molecule has 1 atom stereocenters. The Labute approximate surface area is 220 Å². The number of aliphatic imine (C=N–C) groups is 1. The van der Waals surface area contributed by atoms with Crippen LogP contribution in [-0.4, -0.2) is 42.3 Å².